The lowest BCUT2D eigenvalue weighted by Gasteiger charge is -2.28. The molecule has 0 fully saturated rings. The van der Waals surface area contributed by atoms with E-state index in [9.17, 15) is 0 Å². The van der Waals surface area contributed by atoms with Gasteiger partial charge in [0.15, 0.2) is 0 Å². The molecule has 1 heterocycles. The van der Waals surface area contributed by atoms with Crippen LogP contribution in [-0.2, 0) is 5.41 Å². The molecule has 53 heavy (non-hydrogen) atoms. The van der Waals surface area contributed by atoms with E-state index >= 15 is 0 Å². The summed E-state index contributed by atoms with van der Waals surface area (Å²) in [4.78, 5) is 2.39. The van der Waals surface area contributed by atoms with Crippen LogP contribution in [0.5, 0.6) is 0 Å². The van der Waals surface area contributed by atoms with Crippen LogP contribution in [0.4, 0.5) is 17.1 Å². The van der Waals surface area contributed by atoms with Crippen LogP contribution < -0.4 is 4.90 Å². The molecule has 0 spiro atoms. The minimum Gasteiger partial charge on any atom is -0.310 e. The third-order valence-corrected chi connectivity index (χ3v) is 11.2. The van der Waals surface area contributed by atoms with Crippen molar-refractivity contribution in [2.45, 2.75) is 19.3 Å². The van der Waals surface area contributed by atoms with Gasteiger partial charge in [-0.1, -0.05) is 141 Å². The maximum absolute atomic E-state index is 2.41. The maximum atomic E-state index is 2.41. The Labute approximate surface area is 310 Å². The summed E-state index contributed by atoms with van der Waals surface area (Å²) in [5.41, 5.74) is 17.1. The number of fused-ring (bicyclic) bond motifs is 6. The summed E-state index contributed by atoms with van der Waals surface area (Å²) in [6, 6.07) is 70.8. The number of rotatable bonds is 6. The van der Waals surface area contributed by atoms with Crippen LogP contribution in [0.2, 0.25) is 0 Å². The third-order valence-electron chi connectivity index (χ3n) is 11.2. The number of aromatic nitrogens is 1. The van der Waals surface area contributed by atoms with Gasteiger partial charge in [0.05, 0.1) is 11.0 Å². The molecule has 1 aliphatic rings. The maximum Gasteiger partial charge on any atom is 0.0547 e. The Bertz CT molecular complexity index is 2780. The molecule has 2 heteroatoms. The predicted octanol–water partition coefficient (Wildman–Crippen LogP) is 13.9. The molecule has 0 saturated heterocycles. The van der Waals surface area contributed by atoms with Crippen LogP contribution in [0.15, 0.2) is 194 Å². The Morgan fingerprint density at radius 2 is 0.943 bits per heavy atom. The van der Waals surface area contributed by atoms with Crippen molar-refractivity contribution < 1.29 is 0 Å². The topological polar surface area (TPSA) is 8.17 Å². The number of nitrogens with zero attached hydrogens (tertiary/aromatic N) is 2. The highest BCUT2D eigenvalue weighted by atomic mass is 15.1. The molecule has 252 valence electrons. The van der Waals surface area contributed by atoms with Crippen LogP contribution in [0.25, 0.3) is 60.9 Å². The number of hydrogen-bond acceptors (Lipinski definition) is 1. The first kappa shape index (κ1) is 31.1. The molecule has 1 aromatic heterocycles. The van der Waals surface area contributed by atoms with E-state index in [0.717, 1.165) is 22.7 Å². The summed E-state index contributed by atoms with van der Waals surface area (Å²) in [5, 5.41) is 2.50. The lowest BCUT2D eigenvalue weighted by atomic mass is 9.82. The van der Waals surface area contributed by atoms with Gasteiger partial charge < -0.3 is 9.47 Å². The molecule has 0 saturated carbocycles. The van der Waals surface area contributed by atoms with Crippen LogP contribution >= 0.6 is 0 Å². The van der Waals surface area contributed by atoms with Gasteiger partial charge in [0.2, 0.25) is 0 Å². The first-order chi connectivity index (χ1) is 26.1. The molecule has 10 rings (SSSR count). The van der Waals surface area contributed by atoms with Gasteiger partial charge in [-0.25, -0.2) is 0 Å². The summed E-state index contributed by atoms with van der Waals surface area (Å²) < 4.78 is 2.40. The molecule has 2 nitrogen and oxygen atoms in total. The van der Waals surface area contributed by atoms with Gasteiger partial charge in [-0.3, -0.25) is 0 Å². The van der Waals surface area contributed by atoms with Crippen molar-refractivity contribution in [1.29, 1.82) is 0 Å². The Hall–Kier alpha value is -6.64. The molecule has 0 radical (unpaired) electrons. The molecule has 0 atom stereocenters. The van der Waals surface area contributed by atoms with E-state index in [4.69, 9.17) is 0 Å². The van der Waals surface area contributed by atoms with E-state index < -0.39 is 0 Å². The van der Waals surface area contributed by atoms with Gasteiger partial charge in [0.1, 0.15) is 0 Å². The van der Waals surface area contributed by atoms with Crippen molar-refractivity contribution in [3.63, 3.8) is 0 Å². The Morgan fingerprint density at radius 3 is 1.72 bits per heavy atom. The summed E-state index contributed by atoms with van der Waals surface area (Å²) in [5.74, 6) is 0. The van der Waals surface area contributed by atoms with E-state index in [0.29, 0.717) is 0 Å². The monoisotopic (exact) mass is 678 g/mol. The second-order valence-corrected chi connectivity index (χ2v) is 14.6. The summed E-state index contributed by atoms with van der Waals surface area (Å²) >= 11 is 0. The van der Waals surface area contributed by atoms with E-state index in [1.807, 2.05) is 0 Å². The van der Waals surface area contributed by atoms with E-state index in [1.54, 1.807) is 0 Å². The van der Waals surface area contributed by atoms with Crippen molar-refractivity contribution >= 4 is 38.9 Å². The highest BCUT2D eigenvalue weighted by molar-refractivity contribution is 6.12. The molecular formula is C51H38N2. The zero-order valence-electron chi connectivity index (χ0n) is 29.9. The number of anilines is 3. The van der Waals surface area contributed by atoms with Crippen molar-refractivity contribution in [2.75, 3.05) is 4.90 Å². The van der Waals surface area contributed by atoms with E-state index in [1.165, 1.54) is 66.3 Å². The normalized spacial score (nSPS) is 12.9. The largest absolute Gasteiger partial charge is 0.310 e. The Kier molecular flexibility index (Phi) is 7.19. The van der Waals surface area contributed by atoms with Crippen LogP contribution in [-0.4, -0.2) is 4.57 Å². The van der Waals surface area contributed by atoms with Crippen LogP contribution in [0.3, 0.4) is 0 Å². The van der Waals surface area contributed by atoms with Gasteiger partial charge in [0.25, 0.3) is 0 Å². The van der Waals surface area contributed by atoms with Gasteiger partial charge in [-0.05, 0) is 111 Å². The summed E-state index contributed by atoms with van der Waals surface area (Å²) in [6.45, 7) is 4.70. The fraction of sp³-hybridized carbons (Fsp3) is 0.0588. The van der Waals surface area contributed by atoms with Gasteiger partial charge in [0, 0.05) is 38.9 Å². The smallest absolute Gasteiger partial charge is 0.0547 e. The average molecular weight is 679 g/mol. The minimum absolute atomic E-state index is 0.0791. The fourth-order valence-electron chi connectivity index (χ4n) is 8.61. The zero-order valence-corrected chi connectivity index (χ0v) is 29.9. The second kappa shape index (κ2) is 12.3. The van der Waals surface area contributed by atoms with Gasteiger partial charge in [-0.15, -0.1) is 0 Å². The zero-order chi connectivity index (χ0) is 35.5. The summed E-state index contributed by atoms with van der Waals surface area (Å²) in [7, 11) is 0. The SMILES string of the molecule is CC1(C)c2ccccc2-c2ccc(N(c3ccccc3)c3ccc(-c4cc5c6ccccc6n(-c6ccccc6)c5cc4-c4ccccc4)cc3)cc21. The van der Waals surface area contributed by atoms with Gasteiger partial charge in [-0.2, -0.15) is 0 Å². The van der Waals surface area contributed by atoms with Crippen LogP contribution in [0, 0.1) is 0 Å². The highest BCUT2D eigenvalue weighted by Gasteiger charge is 2.35. The predicted molar refractivity (Wildman–Crippen MR) is 224 cm³/mol. The molecule has 0 amide bonds. The van der Waals surface area contributed by atoms with Crippen LogP contribution in [0.1, 0.15) is 25.0 Å². The molecule has 0 bridgehead atoms. The molecule has 8 aromatic carbocycles. The number of benzene rings is 8. The first-order valence-electron chi connectivity index (χ1n) is 18.4. The lowest BCUT2D eigenvalue weighted by molar-refractivity contribution is 0.660. The van der Waals surface area contributed by atoms with Crippen molar-refractivity contribution in [3.05, 3.63) is 205 Å². The standard InChI is InChI=1S/C51H38N2/c1-51(2)47-24-14-12-22-41(47)42-31-30-40(32-48(42)51)52(37-18-8-4-9-19-37)39-28-26-36(27-29-39)44-33-46-43-23-13-15-25-49(43)53(38-20-10-5-11-21-38)50(46)34-45(44)35-16-6-3-7-17-35/h3-34H,1-2H3. The quantitative estimate of drug-likeness (QED) is 0.170. The van der Waals surface area contributed by atoms with E-state index in [-0.39, 0.29) is 5.41 Å². The fourth-order valence-corrected chi connectivity index (χ4v) is 8.61. The molecular weight excluding hydrogens is 641 g/mol. The Balaban J connectivity index is 1.13. The molecule has 0 unspecified atom stereocenters. The number of hydrogen-bond donors (Lipinski definition) is 0. The number of para-hydroxylation sites is 3. The lowest BCUT2D eigenvalue weighted by Crippen LogP contribution is -2.16. The van der Waals surface area contributed by atoms with Crippen molar-refractivity contribution in [1.82, 2.24) is 4.57 Å². The van der Waals surface area contributed by atoms with Crippen molar-refractivity contribution in [3.8, 4) is 39.1 Å². The third kappa shape index (κ3) is 5.02. The highest BCUT2D eigenvalue weighted by Crippen LogP contribution is 2.51. The Morgan fingerprint density at radius 1 is 0.377 bits per heavy atom. The van der Waals surface area contributed by atoms with Crippen molar-refractivity contribution in [2.24, 2.45) is 0 Å². The summed E-state index contributed by atoms with van der Waals surface area (Å²) in [6.07, 6.45) is 0. The molecule has 0 N–H and O–H groups in total. The molecule has 9 aromatic rings. The molecule has 0 aliphatic heterocycles. The first-order valence-corrected chi connectivity index (χ1v) is 18.4. The van der Waals surface area contributed by atoms with Gasteiger partial charge >= 0.3 is 0 Å². The molecule has 1 aliphatic carbocycles. The van der Waals surface area contributed by atoms with E-state index in [2.05, 4.69) is 217 Å². The second-order valence-electron chi connectivity index (χ2n) is 14.6. The minimum atomic E-state index is -0.0791. The average Bonchev–Trinajstić information content (AvgIpc) is 3.66.